The van der Waals surface area contributed by atoms with E-state index in [-0.39, 0.29) is 34.9 Å². The number of nitrogens with zero attached hydrogens (tertiary/aromatic N) is 1. The average molecular weight is 412 g/mol. The van der Waals surface area contributed by atoms with Gasteiger partial charge in [-0.1, -0.05) is 0 Å². The van der Waals surface area contributed by atoms with Crippen molar-refractivity contribution in [1.29, 1.82) is 0 Å². The number of rotatable bonds is 3. The summed E-state index contributed by atoms with van der Waals surface area (Å²) >= 11 is 2.94. The monoisotopic (exact) mass is 410 g/mol. The summed E-state index contributed by atoms with van der Waals surface area (Å²) in [6.45, 7) is 1.44. The van der Waals surface area contributed by atoms with Crippen molar-refractivity contribution in [2.75, 3.05) is 32.9 Å². The molecule has 0 aromatic heterocycles. The molecule has 1 saturated heterocycles. The second kappa shape index (κ2) is 9.05. The van der Waals surface area contributed by atoms with Gasteiger partial charge in [-0.3, -0.25) is 4.90 Å². The highest BCUT2D eigenvalue weighted by Gasteiger charge is 2.30. The first-order chi connectivity index (χ1) is 9.06. The molecular weight excluding hydrogens is 396 g/mol. The highest BCUT2D eigenvalue weighted by Crippen LogP contribution is 2.38. The molecular formula is C12H16BrCl2F3N2O. The molecule has 0 saturated carbocycles. The minimum atomic E-state index is -1.19. The summed E-state index contributed by atoms with van der Waals surface area (Å²) in [4.78, 5) is 1.69. The minimum absolute atomic E-state index is 0. The first-order valence-corrected chi connectivity index (χ1v) is 6.72. The van der Waals surface area contributed by atoms with Crippen LogP contribution in [0.3, 0.4) is 0 Å². The Morgan fingerprint density at radius 2 is 1.86 bits per heavy atom. The number of benzene rings is 1. The first kappa shape index (κ1) is 20.8. The molecule has 2 rings (SSSR count). The van der Waals surface area contributed by atoms with Crippen molar-refractivity contribution in [3.05, 3.63) is 27.7 Å². The summed E-state index contributed by atoms with van der Waals surface area (Å²) in [7, 11) is 0. The Morgan fingerprint density at radius 1 is 1.29 bits per heavy atom. The third-order valence-corrected chi connectivity index (χ3v) is 3.86. The van der Waals surface area contributed by atoms with Gasteiger partial charge >= 0.3 is 0 Å². The molecule has 0 spiro atoms. The molecule has 1 atom stereocenters. The van der Waals surface area contributed by atoms with E-state index >= 15 is 0 Å². The number of halogens is 6. The second-order valence-corrected chi connectivity index (χ2v) is 5.23. The number of hydrogen-bond donors (Lipinski definition) is 2. The molecule has 21 heavy (non-hydrogen) atoms. The van der Waals surface area contributed by atoms with Gasteiger partial charge < -0.3 is 10.4 Å². The molecule has 9 heteroatoms. The molecule has 1 aromatic rings. The van der Waals surface area contributed by atoms with Crippen molar-refractivity contribution in [3.63, 3.8) is 0 Å². The van der Waals surface area contributed by atoms with Crippen LogP contribution in [0.2, 0.25) is 0 Å². The van der Waals surface area contributed by atoms with E-state index in [1.165, 1.54) is 0 Å². The highest BCUT2D eigenvalue weighted by molar-refractivity contribution is 9.10. The largest absolute Gasteiger partial charge is 0.506 e. The van der Waals surface area contributed by atoms with E-state index < -0.39 is 30.1 Å². The topological polar surface area (TPSA) is 35.5 Å². The maximum absolute atomic E-state index is 13.9. The molecule has 2 N–H and O–H groups in total. The Balaban J connectivity index is 0.00000200. The van der Waals surface area contributed by atoms with E-state index in [0.717, 1.165) is 6.07 Å². The van der Waals surface area contributed by atoms with E-state index in [1.54, 1.807) is 4.90 Å². The average Bonchev–Trinajstić information content (AvgIpc) is 2.42. The van der Waals surface area contributed by atoms with Gasteiger partial charge in [-0.2, -0.15) is 0 Å². The molecule has 0 amide bonds. The molecule has 0 radical (unpaired) electrons. The third kappa shape index (κ3) is 4.39. The van der Waals surface area contributed by atoms with E-state index in [9.17, 15) is 18.3 Å². The number of nitrogens with one attached hydrogen (secondary N) is 1. The lowest BCUT2D eigenvalue weighted by Gasteiger charge is -2.34. The van der Waals surface area contributed by atoms with Gasteiger partial charge in [0.25, 0.3) is 0 Å². The van der Waals surface area contributed by atoms with Gasteiger partial charge in [-0.15, -0.1) is 24.8 Å². The van der Waals surface area contributed by atoms with Gasteiger partial charge in [0.1, 0.15) is 12.4 Å². The summed E-state index contributed by atoms with van der Waals surface area (Å²) in [5.41, 5.74) is -0.323. The van der Waals surface area contributed by atoms with Crippen LogP contribution in [0, 0.1) is 11.6 Å². The van der Waals surface area contributed by atoms with Crippen molar-refractivity contribution in [3.8, 4) is 5.75 Å². The maximum Gasteiger partial charge on any atom is 0.167 e. The molecule has 1 aliphatic heterocycles. The zero-order valence-corrected chi connectivity index (χ0v) is 14.1. The summed E-state index contributed by atoms with van der Waals surface area (Å²) in [5.74, 6) is -2.74. The summed E-state index contributed by atoms with van der Waals surface area (Å²) in [6.07, 6.45) is 0. The molecule has 0 bridgehead atoms. The lowest BCUT2D eigenvalue weighted by Crippen LogP contribution is -2.46. The molecule has 1 heterocycles. The molecule has 3 nitrogen and oxygen atoms in total. The quantitative estimate of drug-likeness (QED) is 0.749. The van der Waals surface area contributed by atoms with E-state index in [2.05, 4.69) is 21.2 Å². The number of piperazine rings is 1. The van der Waals surface area contributed by atoms with Crippen molar-refractivity contribution in [2.24, 2.45) is 0 Å². The standard InChI is InChI=1S/C12H14BrF3N2O.2ClH/c13-7-5-8(15)11(16)10(12(7)19)9(6-14)18-3-1-17-2-4-18;;/h5,9,17,19H,1-4,6H2;2*1H/t9-;;/m0../s1. The number of alkyl halides is 1. The van der Waals surface area contributed by atoms with Crippen molar-refractivity contribution in [2.45, 2.75) is 6.04 Å². The van der Waals surface area contributed by atoms with Gasteiger partial charge in [-0.25, -0.2) is 13.2 Å². The zero-order chi connectivity index (χ0) is 14.0. The lowest BCUT2D eigenvalue weighted by atomic mass is 10.0. The summed E-state index contributed by atoms with van der Waals surface area (Å²) in [5, 5.41) is 13.0. The van der Waals surface area contributed by atoms with Crippen LogP contribution in [0.25, 0.3) is 0 Å². The molecule has 1 aliphatic rings. The zero-order valence-electron chi connectivity index (χ0n) is 10.9. The lowest BCUT2D eigenvalue weighted by molar-refractivity contribution is 0.141. The Hall–Kier alpha value is -0.210. The molecule has 0 aliphatic carbocycles. The predicted molar refractivity (Wildman–Crippen MR) is 83.4 cm³/mol. The second-order valence-electron chi connectivity index (χ2n) is 4.37. The van der Waals surface area contributed by atoms with Crippen molar-refractivity contribution in [1.82, 2.24) is 10.2 Å². The van der Waals surface area contributed by atoms with Crippen LogP contribution in [-0.2, 0) is 0 Å². The van der Waals surface area contributed by atoms with Gasteiger partial charge in [0.2, 0.25) is 0 Å². The fourth-order valence-corrected chi connectivity index (χ4v) is 2.67. The molecule has 122 valence electrons. The maximum atomic E-state index is 13.9. The van der Waals surface area contributed by atoms with Crippen LogP contribution in [0.5, 0.6) is 5.75 Å². The predicted octanol–water partition coefficient (Wildman–Crippen LogP) is 3.19. The SMILES string of the molecule is Cl.Cl.Oc1c(Br)cc(F)c(F)c1[C@H](CF)N1CCNCC1. The van der Waals surface area contributed by atoms with E-state index in [4.69, 9.17) is 0 Å². The van der Waals surface area contributed by atoms with Gasteiger partial charge in [0.15, 0.2) is 11.6 Å². The number of phenolic OH excluding ortho intramolecular Hbond substituents is 1. The Morgan fingerprint density at radius 3 is 2.38 bits per heavy atom. The van der Waals surface area contributed by atoms with Crippen LogP contribution in [0.15, 0.2) is 10.5 Å². The summed E-state index contributed by atoms with van der Waals surface area (Å²) < 4.78 is 40.6. The van der Waals surface area contributed by atoms with Crippen LogP contribution in [0.4, 0.5) is 13.2 Å². The number of aromatic hydroxyl groups is 1. The molecule has 1 aromatic carbocycles. The normalized spacial score (nSPS) is 16.8. The van der Waals surface area contributed by atoms with Gasteiger partial charge in [-0.05, 0) is 22.0 Å². The fourth-order valence-electron chi connectivity index (χ4n) is 2.26. The number of hydrogen-bond acceptors (Lipinski definition) is 3. The number of phenols is 1. The van der Waals surface area contributed by atoms with Crippen LogP contribution in [0.1, 0.15) is 11.6 Å². The summed E-state index contributed by atoms with van der Waals surface area (Å²) in [6, 6.07) is -0.143. The van der Waals surface area contributed by atoms with Crippen molar-refractivity contribution < 1.29 is 18.3 Å². The van der Waals surface area contributed by atoms with Gasteiger partial charge in [0, 0.05) is 26.2 Å². The molecule has 1 fully saturated rings. The van der Waals surface area contributed by atoms with Gasteiger partial charge in [0.05, 0.1) is 16.1 Å². The van der Waals surface area contributed by atoms with E-state index in [0.29, 0.717) is 26.2 Å². The third-order valence-electron chi connectivity index (χ3n) is 3.25. The fraction of sp³-hybridized carbons (Fsp3) is 0.500. The van der Waals surface area contributed by atoms with Crippen LogP contribution in [-0.4, -0.2) is 42.9 Å². The Bertz CT molecular complexity index is 450. The minimum Gasteiger partial charge on any atom is -0.506 e. The highest BCUT2D eigenvalue weighted by atomic mass is 79.9. The smallest absolute Gasteiger partial charge is 0.167 e. The van der Waals surface area contributed by atoms with Crippen LogP contribution >= 0.6 is 40.7 Å². The Labute approximate surface area is 141 Å². The first-order valence-electron chi connectivity index (χ1n) is 5.93. The van der Waals surface area contributed by atoms with E-state index in [1.807, 2.05) is 0 Å². The Kier molecular flexibility index (Phi) is 8.96. The van der Waals surface area contributed by atoms with Crippen LogP contribution < -0.4 is 5.32 Å². The molecule has 0 unspecified atom stereocenters. The van der Waals surface area contributed by atoms with Crippen molar-refractivity contribution >= 4 is 40.7 Å².